The molecule has 2 fully saturated rings. The van der Waals surface area contributed by atoms with Gasteiger partial charge in [-0.05, 0) is 30.1 Å². The first kappa shape index (κ1) is 9.19. The zero-order chi connectivity index (χ0) is 10.8. The summed E-state index contributed by atoms with van der Waals surface area (Å²) in [6, 6.07) is 0.266. The Balaban J connectivity index is 1.83. The van der Waals surface area contributed by atoms with E-state index >= 15 is 0 Å². The van der Waals surface area contributed by atoms with Crippen LogP contribution < -0.4 is 5.43 Å². The maximum Gasteiger partial charge on any atom is 0.352 e. The molecule has 4 nitrogen and oxygen atoms in total. The minimum absolute atomic E-state index is 0.144. The van der Waals surface area contributed by atoms with Gasteiger partial charge in [-0.1, -0.05) is 13.8 Å². The van der Waals surface area contributed by atoms with Gasteiger partial charge in [0.15, 0.2) is 0 Å². The Hall–Kier alpha value is -1.06. The summed E-state index contributed by atoms with van der Waals surface area (Å²) in [4.78, 5) is 11.0. The summed E-state index contributed by atoms with van der Waals surface area (Å²) in [5, 5.41) is 13.0. The van der Waals surface area contributed by atoms with Crippen LogP contribution in [0.3, 0.4) is 0 Å². The number of rotatable bonds is 1. The molecule has 0 aromatic carbocycles. The lowest BCUT2D eigenvalue weighted by molar-refractivity contribution is -0.129. The van der Waals surface area contributed by atoms with Gasteiger partial charge in [0.1, 0.15) is 5.71 Å². The molecule has 1 heterocycles. The summed E-state index contributed by atoms with van der Waals surface area (Å²) in [6.45, 7) is 4.60. The summed E-state index contributed by atoms with van der Waals surface area (Å²) in [5.74, 6) is 0.751. The maximum absolute atomic E-state index is 11.0. The van der Waals surface area contributed by atoms with Gasteiger partial charge >= 0.3 is 5.97 Å². The van der Waals surface area contributed by atoms with Crippen molar-refractivity contribution in [2.45, 2.75) is 32.7 Å². The normalized spacial score (nSPS) is 51.2. The molecule has 5 unspecified atom stereocenters. The lowest BCUT2D eigenvalue weighted by atomic mass is 9.77. The first-order valence-corrected chi connectivity index (χ1v) is 5.60. The number of nitrogens with one attached hydrogen (secondary N) is 1. The molecule has 5 atom stereocenters. The molecule has 2 aliphatic carbocycles. The van der Waals surface area contributed by atoms with Gasteiger partial charge in [0.2, 0.25) is 0 Å². The quantitative estimate of drug-likeness (QED) is 0.678. The van der Waals surface area contributed by atoms with Gasteiger partial charge in [0, 0.05) is 5.92 Å². The zero-order valence-corrected chi connectivity index (χ0v) is 9.03. The van der Waals surface area contributed by atoms with Crippen molar-refractivity contribution in [3.8, 4) is 0 Å². The number of nitrogens with zero attached hydrogens (tertiary/aromatic N) is 1. The number of carboxylic acids is 1. The molecular formula is C11H16N2O2. The minimum atomic E-state index is -0.855. The maximum atomic E-state index is 11.0. The van der Waals surface area contributed by atoms with E-state index in [1.807, 2.05) is 0 Å². The summed E-state index contributed by atoms with van der Waals surface area (Å²) >= 11 is 0. The van der Waals surface area contributed by atoms with Crippen LogP contribution in [0.25, 0.3) is 0 Å². The molecule has 15 heavy (non-hydrogen) atoms. The predicted octanol–water partition coefficient (Wildman–Crippen LogP) is 1.08. The number of hydrogen-bond acceptors (Lipinski definition) is 3. The van der Waals surface area contributed by atoms with Crippen LogP contribution in [-0.4, -0.2) is 22.8 Å². The topological polar surface area (TPSA) is 61.7 Å². The van der Waals surface area contributed by atoms with Crippen molar-refractivity contribution < 1.29 is 9.90 Å². The fourth-order valence-electron chi connectivity index (χ4n) is 3.65. The van der Waals surface area contributed by atoms with Crippen molar-refractivity contribution in [3.05, 3.63) is 0 Å². The first-order valence-electron chi connectivity index (χ1n) is 5.60. The highest BCUT2D eigenvalue weighted by Crippen LogP contribution is 2.67. The molecule has 0 saturated heterocycles. The van der Waals surface area contributed by atoms with Crippen LogP contribution >= 0.6 is 0 Å². The van der Waals surface area contributed by atoms with E-state index in [0.717, 1.165) is 18.8 Å². The molecule has 0 aromatic rings. The van der Waals surface area contributed by atoms with Crippen LogP contribution in [-0.2, 0) is 4.79 Å². The van der Waals surface area contributed by atoms with Crippen LogP contribution in [0.2, 0.25) is 0 Å². The highest BCUT2D eigenvalue weighted by molar-refractivity contribution is 6.37. The molecule has 0 spiro atoms. The Labute approximate surface area is 88.7 Å². The van der Waals surface area contributed by atoms with Crippen LogP contribution in [0.1, 0.15) is 26.7 Å². The van der Waals surface area contributed by atoms with E-state index in [-0.39, 0.29) is 12.0 Å². The fourth-order valence-corrected chi connectivity index (χ4v) is 3.65. The van der Waals surface area contributed by atoms with E-state index in [1.54, 1.807) is 0 Å². The summed E-state index contributed by atoms with van der Waals surface area (Å²) < 4.78 is 0. The Morgan fingerprint density at radius 3 is 3.07 bits per heavy atom. The van der Waals surface area contributed by atoms with E-state index in [0.29, 0.717) is 17.0 Å². The SMILES string of the molecule is CC1C2CC3C(C(=O)O)=NNC3CC12C. The Morgan fingerprint density at radius 1 is 1.67 bits per heavy atom. The van der Waals surface area contributed by atoms with Crippen molar-refractivity contribution in [1.82, 2.24) is 5.43 Å². The minimum Gasteiger partial charge on any atom is -0.477 e. The van der Waals surface area contributed by atoms with Gasteiger partial charge in [-0.25, -0.2) is 4.79 Å². The average Bonchev–Trinajstić information content (AvgIpc) is 2.59. The van der Waals surface area contributed by atoms with Crippen molar-refractivity contribution in [2.24, 2.45) is 28.3 Å². The molecule has 2 saturated carbocycles. The van der Waals surface area contributed by atoms with Gasteiger partial charge in [-0.15, -0.1) is 0 Å². The second-order valence-corrected chi connectivity index (χ2v) is 5.49. The standard InChI is InChI=1S/C11H16N2O2/c1-5-7-3-6-8(4-11(5,7)2)12-13-9(6)10(14)15/h5-8,12H,3-4H2,1-2H3,(H,14,15). The molecule has 3 aliphatic rings. The Bertz CT molecular complexity index is 366. The number of aliphatic carboxylic acids is 1. The Morgan fingerprint density at radius 2 is 2.40 bits per heavy atom. The van der Waals surface area contributed by atoms with E-state index < -0.39 is 5.97 Å². The van der Waals surface area contributed by atoms with Crippen LogP contribution in [0, 0.1) is 23.2 Å². The van der Waals surface area contributed by atoms with Gasteiger partial charge in [-0.3, -0.25) is 0 Å². The third kappa shape index (κ3) is 1.02. The van der Waals surface area contributed by atoms with Crippen LogP contribution in [0.15, 0.2) is 5.10 Å². The molecule has 0 amide bonds. The summed E-state index contributed by atoms with van der Waals surface area (Å²) in [7, 11) is 0. The number of carbonyl (C=O) groups is 1. The number of carboxylic acid groups (broad SMARTS) is 1. The van der Waals surface area contributed by atoms with Crippen molar-refractivity contribution >= 4 is 11.7 Å². The van der Waals surface area contributed by atoms with Crippen LogP contribution in [0.5, 0.6) is 0 Å². The van der Waals surface area contributed by atoms with Gasteiger partial charge in [0.25, 0.3) is 0 Å². The highest BCUT2D eigenvalue weighted by atomic mass is 16.4. The largest absolute Gasteiger partial charge is 0.477 e. The second kappa shape index (κ2) is 2.54. The van der Waals surface area contributed by atoms with Crippen molar-refractivity contribution in [1.29, 1.82) is 0 Å². The summed E-state index contributed by atoms with van der Waals surface area (Å²) in [6.07, 6.45) is 2.07. The molecule has 3 rings (SSSR count). The molecule has 0 radical (unpaired) electrons. The zero-order valence-electron chi connectivity index (χ0n) is 9.03. The monoisotopic (exact) mass is 208 g/mol. The molecule has 2 N–H and O–H groups in total. The lowest BCUT2D eigenvalue weighted by Crippen LogP contribution is -2.38. The second-order valence-electron chi connectivity index (χ2n) is 5.49. The fraction of sp³-hybridized carbons (Fsp3) is 0.818. The van der Waals surface area contributed by atoms with E-state index in [9.17, 15) is 4.79 Å². The van der Waals surface area contributed by atoms with Gasteiger partial charge in [0.05, 0.1) is 6.04 Å². The van der Waals surface area contributed by atoms with Crippen molar-refractivity contribution in [3.63, 3.8) is 0 Å². The van der Waals surface area contributed by atoms with Gasteiger partial charge in [-0.2, -0.15) is 5.10 Å². The third-order valence-electron chi connectivity index (χ3n) is 4.96. The molecule has 82 valence electrons. The molecule has 1 aliphatic heterocycles. The number of hydrogen-bond donors (Lipinski definition) is 2. The summed E-state index contributed by atoms with van der Waals surface area (Å²) in [5.41, 5.74) is 3.79. The number of hydrazone groups is 1. The molecule has 0 aromatic heterocycles. The number of fused-ring (bicyclic) bond motifs is 2. The molecule has 4 heteroatoms. The average molecular weight is 208 g/mol. The first-order chi connectivity index (χ1) is 7.04. The third-order valence-corrected chi connectivity index (χ3v) is 4.96. The predicted molar refractivity (Wildman–Crippen MR) is 55.5 cm³/mol. The van der Waals surface area contributed by atoms with Crippen molar-refractivity contribution in [2.75, 3.05) is 0 Å². The van der Waals surface area contributed by atoms with Crippen LogP contribution in [0.4, 0.5) is 0 Å². The smallest absolute Gasteiger partial charge is 0.352 e. The highest BCUT2D eigenvalue weighted by Gasteiger charge is 2.64. The Kier molecular flexibility index (Phi) is 1.56. The molecule has 0 bridgehead atoms. The van der Waals surface area contributed by atoms with E-state index in [2.05, 4.69) is 24.4 Å². The van der Waals surface area contributed by atoms with Gasteiger partial charge < -0.3 is 10.5 Å². The lowest BCUT2D eigenvalue weighted by Gasteiger charge is -2.28. The molecular weight excluding hydrogens is 192 g/mol. The van der Waals surface area contributed by atoms with E-state index in [1.165, 1.54) is 0 Å². The van der Waals surface area contributed by atoms with E-state index in [4.69, 9.17) is 5.11 Å².